The Morgan fingerprint density at radius 1 is 1.16 bits per heavy atom. The molecular formula is C19H19FN2O3. The molecule has 0 saturated carbocycles. The van der Waals surface area contributed by atoms with Gasteiger partial charge in [0.1, 0.15) is 11.6 Å². The lowest BCUT2D eigenvalue weighted by Gasteiger charge is -2.23. The second-order valence-corrected chi connectivity index (χ2v) is 5.69. The summed E-state index contributed by atoms with van der Waals surface area (Å²) >= 11 is 0. The Hall–Kier alpha value is -2.91. The Morgan fingerprint density at radius 3 is 2.32 bits per heavy atom. The molecule has 0 heterocycles. The van der Waals surface area contributed by atoms with E-state index in [0.717, 1.165) is 0 Å². The number of halogens is 1. The smallest absolute Gasteiger partial charge is 0.261 e. The fourth-order valence-corrected chi connectivity index (χ4v) is 2.23. The summed E-state index contributed by atoms with van der Waals surface area (Å²) in [5.74, 6) is -0.316. The minimum Gasteiger partial charge on any atom is -0.481 e. The Bertz CT molecular complexity index is 754. The van der Waals surface area contributed by atoms with E-state index in [9.17, 15) is 14.3 Å². The number of hydrogen-bond acceptors (Lipinski definition) is 4. The third kappa shape index (κ3) is 5.03. The van der Waals surface area contributed by atoms with Crippen LogP contribution in [0.1, 0.15) is 31.1 Å². The number of amides is 1. The second-order valence-electron chi connectivity index (χ2n) is 5.69. The molecule has 0 radical (unpaired) electrons. The van der Waals surface area contributed by atoms with E-state index >= 15 is 0 Å². The molecule has 3 unspecified atom stereocenters. The lowest BCUT2D eigenvalue weighted by molar-refractivity contribution is -0.128. The second kappa shape index (κ2) is 8.27. The molecule has 0 spiro atoms. The molecule has 0 bridgehead atoms. The fraction of sp³-hybridized carbons (Fsp3) is 0.263. The molecule has 6 heteroatoms. The zero-order valence-corrected chi connectivity index (χ0v) is 13.9. The van der Waals surface area contributed by atoms with E-state index in [1.165, 1.54) is 24.3 Å². The van der Waals surface area contributed by atoms with Gasteiger partial charge in [-0.2, -0.15) is 5.26 Å². The van der Waals surface area contributed by atoms with Crippen LogP contribution in [0.2, 0.25) is 0 Å². The lowest BCUT2D eigenvalue weighted by atomic mass is 10.0. The van der Waals surface area contributed by atoms with E-state index in [-0.39, 0.29) is 0 Å². The summed E-state index contributed by atoms with van der Waals surface area (Å²) in [6.07, 6.45) is -1.75. The summed E-state index contributed by atoms with van der Waals surface area (Å²) in [7, 11) is 0. The summed E-state index contributed by atoms with van der Waals surface area (Å²) in [6, 6.07) is 13.3. The van der Waals surface area contributed by atoms with Crippen molar-refractivity contribution < 1.29 is 19.0 Å². The van der Waals surface area contributed by atoms with Crippen molar-refractivity contribution in [3.8, 4) is 11.8 Å². The first-order valence-corrected chi connectivity index (χ1v) is 7.81. The average Bonchev–Trinajstić information content (AvgIpc) is 2.62. The van der Waals surface area contributed by atoms with Gasteiger partial charge in [0.05, 0.1) is 23.8 Å². The predicted molar refractivity (Wildman–Crippen MR) is 90.2 cm³/mol. The maximum atomic E-state index is 12.9. The average molecular weight is 342 g/mol. The molecule has 3 atom stereocenters. The molecule has 5 nitrogen and oxygen atoms in total. The largest absolute Gasteiger partial charge is 0.481 e. The van der Waals surface area contributed by atoms with Gasteiger partial charge < -0.3 is 15.2 Å². The summed E-state index contributed by atoms with van der Waals surface area (Å²) in [5, 5.41) is 21.7. The number of carbonyl (C=O) groups excluding carboxylic acids is 1. The molecule has 0 aliphatic heterocycles. The van der Waals surface area contributed by atoms with Crippen LogP contribution in [0.15, 0.2) is 48.5 Å². The maximum Gasteiger partial charge on any atom is 0.261 e. The number of aliphatic hydroxyl groups is 1. The number of nitriles is 1. The predicted octanol–water partition coefficient (Wildman–Crippen LogP) is 2.70. The molecule has 0 aliphatic rings. The number of hydrogen-bond donors (Lipinski definition) is 2. The van der Waals surface area contributed by atoms with Gasteiger partial charge in [0.2, 0.25) is 0 Å². The highest BCUT2D eigenvalue weighted by Gasteiger charge is 2.22. The number of benzene rings is 2. The van der Waals surface area contributed by atoms with Crippen molar-refractivity contribution in [1.29, 1.82) is 5.26 Å². The Kier molecular flexibility index (Phi) is 6.09. The van der Waals surface area contributed by atoms with Gasteiger partial charge in [-0.1, -0.05) is 12.1 Å². The van der Waals surface area contributed by atoms with Crippen LogP contribution in [0.4, 0.5) is 4.39 Å². The van der Waals surface area contributed by atoms with Gasteiger partial charge in [-0.25, -0.2) is 4.39 Å². The number of nitrogens with one attached hydrogen (secondary N) is 1. The minimum absolute atomic E-state index is 0.391. The van der Waals surface area contributed by atoms with E-state index in [4.69, 9.17) is 10.00 Å². The lowest BCUT2D eigenvalue weighted by Crippen LogP contribution is -2.43. The molecule has 2 aromatic carbocycles. The third-order valence-corrected chi connectivity index (χ3v) is 3.72. The molecule has 2 N–H and O–H groups in total. The number of aliphatic hydroxyl groups excluding tert-OH is 1. The Balaban J connectivity index is 1.92. The molecular weight excluding hydrogens is 323 g/mol. The van der Waals surface area contributed by atoms with Crippen LogP contribution >= 0.6 is 0 Å². The normalized spacial score (nSPS) is 14.0. The Morgan fingerprint density at radius 2 is 1.76 bits per heavy atom. The summed E-state index contributed by atoms with van der Waals surface area (Å²) in [6.45, 7) is 3.24. The van der Waals surface area contributed by atoms with Crippen LogP contribution < -0.4 is 10.1 Å². The van der Waals surface area contributed by atoms with Gasteiger partial charge in [-0.3, -0.25) is 4.79 Å². The topological polar surface area (TPSA) is 82.3 Å². The number of carbonyl (C=O) groups is 1. The highest BCUT2D eigenvalue weighted by molar-refractivity contribution is 5.81. The van der Waals surface area contributed by atoms with E-state index in [0.29, 0.717) is 16.9 Å². The molecule has 2 rings (SSSR count). The van der Waals surface area contributed by atoms with Gasteiger partial charge in [-0.15, -0.1) is 0 Å². The van der Waals surface area contributed by atoms with Crippen molar-refractivity contribution in [2.45, 2.75) is 32.1 Å². The van der Waals surface area contributed by atoms with Crippen molar-refractivity contribution in [2.24, 2.45) is 0 Å². The summed E-state index contributed by atoms with van der Waals surface area (Å²) in [5.41, 5.74) is 1.01. The van der Waals surface area contributed by atoms with Gasteiger partial charge in [0.25, 0.3) is 5.91 Å². The van der Waals surface area contributed by atoms with Crippen molar-refractivity contribution >= 4 is 5.91 Å². The van der Waals surface area contributed by atoms with Crippen LogP contribution in [0.3, 0.4) is 0 Å². The monoisotopic (exact) mass is 342 g/mol. The standard InChI is InChI=1S/C19H19FN2O3/c1-12(18(23)15-5-7-16(20)8-6-15)22-19(24)13(2)25-17-9-3-14(11-21)4-10-17/h3-10,12-13,18,23H,1-2H3,(H,22,24). The number of nitrogens with zero attached hydrogens (tertiary/aromatic N) is 1. The van der Waals surface area contributed by atoms with Gasteiger partial charge in [-0.05, 0) is 55.8 Å². The van der Waals surface area contributed by atoms with Crippen LogP contribution in [0.25, 0.3) is 0 Å². The van der Waals surface area contributed by atoms with E-state index in [2.05, 4.69) is 5.32 Å². The van der Waals surface area contributed by atoms with E-state index < -0.39 is 30.0 Å². The van der Waals surface area contributed by atoms with Crippen LogP contribution in [-0.4, -0.2) is 23.2 Å². The van der Waals surface area contributed by atoms with Crippen LogP contribution in [0.5, 0.6) is 5.75 Å². The quantitative estimate of drug-likeness (QED) is 0.846. The first kappa shape index (κ1) is 18.4. The SMILES string of the molecule is CC(Oc1ccc(C#N)cc1)C(=O)NC(C)C(O)c1ccc(F)cc1. The minimum atomic E-state index is -0.966. The maximum absolute atomic E-state index is 12.9. The molecule has 1 amide bonds. The van der Waals surface area contributed by atoms with E-state index in [1.54, 1.807) is 38.1 Å². The zero-order valence-electron chi connectivity index (χ0n) is 13.9. The molecule has 130 valence electrons. The van der Waals surface area contributed by atoms with Crippen molar-refractivity contribution in [2.75, 3.05) is 0 Å². The van der Waals surface area contributed by atoms with Gasteiger partial charge in [0, 0.05) is 0 Å². The van der Waals surface area contributed by atoms with Gasteiger partial charge in [0.15, 0.2) is 6.10 Å². The van der Waals surface area contributed by atoms with Crippen LogP contribution in [-0.2, 0) is 4.79 Å². The zero-order chi connectivity index (χ0) is 18.4. The number of rotatable bonds is 6. The Labute approximate surface area is 145 Å². The fourth-order valence-electron chi connectivity index (χ4n) is 2.23. The van der Waals surface area contributed by atoms with Crippen LogP contribution in [0, 0.1) is 17.1 Å². The molecule has 0 fully saturated rings. The third-order valence-electron chi connectivity index (χ3n) is 3.72. The van der Waals surface area contributed by atoms with Crippen molar-refractivity contribution in [1.82, 2.24) is 5.32 Å². The summed E-state index contributed by atoms with van der Waals surface area (Å²) < 4.78 is 18.5. The highest BCUT2D eigenvalue weighted by atomic mass is 19.1. The molecule has 0 saturated heterocycles. The molecule has 0 aromatic heterocycles. The number of ether oxygens (including phenoxy) is 1. The first-order valence-electron chi connectivity index (χ1n) is 7.81. The molecule has 2 aromatic rings. The van der Waals surface area contributed by atoms with Crippen molar-refractivity contribution in [3.63, 3.8) is 0 Å². The van der Waals surface area contributed by atoms with Crippen molar-refractivity contribution in [3.05, 3.63) is 65.5 Å². The highest BCUT2D eigenvalue weighted by Crippen LogP contribution is 2.18. The first-order chi connectivity index (χ1) is 11.9. The van der Waals surface area contributed by atoms with E-state index in [1.807, 2.05) is 6.07 Å². The molecule has 0 aliphatic carbocycles. The summed E-state index contributed by atoms with van der Waals surface area (Å²) in [4.78, 5) is 12.2. The van der Waals surface area contributed by atoms with Gasteiger partial charge >= 0.3 is 0 Å². The molecule has 25 heavy (non-hydrogen) atoms.